The Morgan fingerprint density at radius 3 is 2.16 bits per heavy atom. The maximum Gasteiger partial charge on any atom is 0.252 e. The molecule has 2 heterocycles. The Morgan fingerprint density at radius 2 is 1.47 bits per heavy atom. The van der Waals surface area contributed by atoms with Crippen molar-refractivity contribution < 1.29 is 19.8 Å². The number of carbonyl (C=O) groups excluding carboxylic acids is 2. The van der Waals surface area contributed by atoms with E-state index in [1.54, 1.807) is 4.90 Å². The molecule has 0 aromatic heterocycles. The van der Waals surface area contributed by atoms with E-state index in [2.05, 4.69) is 10.6 Å². The Hall–Kier alpha value is -2.74. The SMILES string of the molecule is O=C1NCC[C@@H]2[C@H](c3ccccc3)[C@@H](O)C(=O)N2CCCCN[C@H](c2ccccc2)[C@@H]1O. The summed E-state index contributed by atoms with van der Waals surface area (Å²) in [5, 5.41) is 27.7. The molecular formula is C25H31N3O4. The van der Waals surface area contributed by atoms with E-state index in [1.807, 2.05) is 60.7 Å². The first-order valence-corrected chi connectivity index (χ1v) is 11.4. The molecule has 2 aromatic rings. The number of amides is 2. The van der Waals surface area contributed by atoms with Gasteiger partial charge >= 0.3 is 0 Å². The molecule has 0 saturated carbocycles. The molecule has 32 heavy (non-hydrogen) atoms. The minimum absolute atomic E-state index is 0.212. The van der Waals surface area contributed by atoms with Crippen LogP contribution in [-0.4, -0.2) is 64.8 Å². The van der Waals surface area contributed by atoms with Crippen molar-refractivity contribution in [2.24, 2.45) is 0 Å². The van der Waals surface area contributed by atoms with Crippen LogP contribution in [-0.2, 0) is 9.59 Å². The minimum atomic E-state index is -1.23. The monoisotopic (exact) mass is 437 g/mol. The molecule has 0 bridgehead atoms. The van der Waals surface area contributed by atoms with E-state index in [0.717, 1.165) is 24.0 Å². The van der Waals surface area contributed by atoms with Crippen molar-refractivity contribution in [1.82, 2.24) is 15.5 Å². The van der Waals surface area contributed by atoms with E-state index in [4.69, 9.17) is 0 Å². The number of nitrogens with one attached hydrogen (secondary N) is 2. The highest BCUT2D eigenvalue weighted by molar-refractivity contribution is 5.85. The van der Waals surface area contributed by atoms with Gasteiger partial charge in [0.15, 0.2) is 6.10 Å². The smallest absolute Gasteiger partial charge is 0.252 e. The first-order valence-electron chi connectivity index (χ1n) is 11.4. The van der Waals surface area contributed by atoms with E-state index < -0.39 is 24.2 Å². The van der Waals surface area contributed by atoms with Gasteiger partial charge < -0.3 is 25.7 Å². The first kappa shape index (κ1) is 22.5. The van der Waals surface area contributed by atoms with Crippen molar-refractivity contribution in [3.63, 3.8) is 0 Å². The summed E-state index contributed by atoms with van der Waals surface area (Å²) in [6, 6.07) is 18.3. The fourth-order valence-corrected chi connectivity index (χ4v) is 4.92. The summed E-state index contributed by atoms with van der Waals surface area (Å²) in [7, 11) is 0. The molecule has 170 valence electrons. The standard InChI is InChI=1S/C25H31N3O4/c29-22-20(17-9-3-1-4-10-17)19-13-15-27-24(31)23(30)21(18-11-5-2-6-12-18)26-14-7-8-16-28(19)25(22)32/h1-6,9-12,19-23,26,29-30H,7-8,13-16H2,(H,27,31)/t19-,20+,21-,22-,23+/m1/s1. The van der Waals surface area contributed by atoms with Crippen molar-refractivity contribution in [2.45, 2.75) is 49.5 Å². The highest BCUT2D eigenvalue weighted by Crippen LogP contribution is 2.36. The lowest BCUT2D eigenvalue weighted by molar-refractivity contribution is -0.135. The zero-order valence-electron chi connectivity index (χ0n) is 18.1. The average Bonchev–Trinajstić information content (AvgIpc) is 3.06. The van der Waals surface area contributed by atoms with Gasteiger partial charge in [0.2, 0.25) is 0 Å². The molecule has 2 fully saturated rings. The Labute approximate surface area is 188 Å². The van der Waals surface area contributed by atoms with Gasteiger partial charge in [-0.2, -0.15) is 0 Å². The zero-order valence-corrected chi connectivity index (χ0v) is 18.1. The van der Waals surface area contributed by atoms with Gasteiger partial charge in [-0.3, -0.25) is 9.59 Å². The minimum Gasteiger partial charge on any atom is -0.383 e. The highest BCUT2D eigenvalue weighted by Gasteiger charge is 2.47. The molecule has 7 nitrogen and oxygen atoms in total. The number of nitrogens with zero attached hydrogens (tertiary/aromatic N) is 1. The van der Waals surface area contributed by atoms with Gasteiger partial charge in [0.05, 0.1) is 6.04 Å². The van der Waals surface area contributed by atoms with Gasteiger partial charge in [0, 0.05) is 25.0 Å². The van der Waals surface area contributed by atoms with Crippen LogP contribution in [0.1, 0.15) is 42.3 Å². The molecule has 4 rings (SSSR count). The van der Waals surface area contributed by atoms with Crippen LogP contribution in [0.3, 0.4) is 0 Å². The fourth-order valence-electron chi connectivity index (χ4n) is 4.92. The average molecular weight is 438 g/mol. The van der Waals surface area contributed by atoms with Crippen LogP contribution in [0.5, 0.6) is 0 Å². The predicted molar refractivity (Wildman–Crippen MR) is 121 cm³/mol. The summed E-state index contributed by atoms with van der Waals surface area (Å²) in [5.41, 5.74) is 1.77. The largest absolute Gasteiger partial charge is 0.383 e. The number of hydrogen-bond donors (Lipinski definition) is 4. The molecule has 2 aliphatic heterocycles. The molecule has 2 aromatic carbocycles. The molecular weight excluding hydrogens is 406 g/mol. The number of aliphatic hydroxyl groups is 2. The van der Waals surface area contributed by atoms with Crippen LogP contribution >= 0.6 is 0 Å². The summed E-state index contributed by atoms with van der Waals surface area (Å²) >= 11 is 0. The summed E-state index contributed by atoms with van der Waals surface area (Å²) in [4.78, 5) is 27.4. The molecule has 2 aliphatic rings. The van der Waals surface area contributed by atoms with Crippen LogP contribution in [0.25, 0.3) is 0 Å². The number of aliphatic hydroxyl groups excluding tert-OH is 2. The maximum absolute atomic E-state index is 12.9. The summed E-state index contributed by atoms with van der Waals surface area (Å²) in [6.45, 7) is 1.46. The highest BCUT2D eigenvalue weighted by atomic mass is 16.3. The molecule has 5 atom stereocenters. The Kier molecular flexibility index (Phi) is 7.19. The van der Waals surface area contributed by atoms with Crippen LogP contribution in [0.2, 0.25) is 0 Å². The van der Waals surface area contributed by atoms with E-state index in [1.165, 1.54) is 0 Å². The van der Waals surface area contributed by atoms with Crippen molar-refractivity contribution in [3.05, 3.63) is 71.8 Å². The molecule has 0 spiro atoms. The van der Waals surface area contributed by atoms with Crippen LogP contribution in [0.15, 0.2) is 60.7 Å². The third kappa shape index (κ3) is 4.70. The van der Waals surface area contributed by atoms with Gasteiger partial charge in [-0.1, -0.05) is 60.7 Å². The van der Waals surface area contributed by atoms with Crippen molar-refractivity contribution in [1.29, 1.82) is 0 Å². The molecule has 0 unspecified atom stereocenters. The summed E-state index contributed by atoms with van der Waals surface area (Å²) < 4.78 is 0. The van der Waals surface area contributed by atoms with Gasteiger partial charge in [-0.05, 0) is 36.9 Å². The van der Waals surface area contributed by atoms with Crippen molar-refractivity contribution >= 4 is 11.8 Å². The van der Waals surface area contributed by atoms with E-state index in [0.29, 0.717) is 26.1 Å². The lowest BCUT2D eigenvalue weighted by Gasteiger charge is -2.28. The topological polar surface area (TPSA) is 102 Å². The third-order valence-electron chi connectivity index (χ3n) is 6.55. The third-order valence-corrected chi connectivity index (χ3v) is 6.55. The predicted octanol–water partition coefficient (Wildman–Crippen LogP) is 1.33. The lowest BCUT2D eigenvalue weighted by Crippen LogP contribution is -2.44. The van der Waals surface area contributed by atoms with Crippen LogP contribution in [0.4, 0.5) is 0 Å². The Balaban J connectivity index is 1.54. The molecule has 2 saturated heterocycles. The maximum atomic E-state index is 12.9. The number of carbonyl (C=O) groups is 2. The molecule has 0 aliphatic carbocycles. The summed E-state index contributed by atoms with van der Waals surface area (Å²) in [6.07, 6.45) is -0.264. The molecule has 2 amide bonds. The second-order valence-corrected chi connectivity index (χ2v) is 8.55. The normalized spacial score (nSPS) is 29.9. The van der Waals surface area contributed by atoms with Crippen molar-refractivity contribution in [3.8, 4) is 0 Å². The second kappa shape index (κ2) is 10.3. The Morgan fingerprint density at radius 1 is 0.812 bits per heavy atom. The van der Waals surface area contributed by atoms with Crippen molar-refractivity contribution in [2.75, 3.05) is 19.6 Å². The van der Waals surface area contributed by atoms with Gasteiger partial charge in [0.25, 0.3) is 11.8 Å². The number of fused-ring (bicyclic) bond motifs is 1. The van der Waals surface area contributed by atoms with Gasteiger partial charge in [-0.15, -0.1) is 0 Å². The van der Waals surface area contributed by atoms with E-state index >= 15 is 0 Å². The summed E-state index contributed by atoms with van der Waals surface area (Å²) in [5.74, 6) is -1.04. The molecule has 0 radical (unpaired) electrons. The zero-order chi connectivity index (χ0) is 22.5. The first-order chi connectivity index (χ1) is 15.6. The Bertz CT molecular complexity index is 908. The van der Waals surface area contributed by atoms with Crippen LogP contribution in [0, 0.1) is 0 Å². The quantitative estimate of drug-likeness (QED) is 0.568. The van der Waals surface area contributed by atoms with Gasteiger partial charge in [-0.25, -0.2) is 0 Å². The number of benzene rings is 2. The van der Waals surface area contributed by atoms with Crippen LogP contribution < -0.4 is 10.6 Å². The second-order valence-electron chi connectivity index (χ2n) is 8.55. The van der Waals surface area contributed by atoms with E-state index in [9.17, 15) is 19.8 Å². The lowest BCUT2D eigenvalue weighted by atomic mass is 9.88. The molecule has 7 heteroatoms. The molecule has 4 N–H and O–H groups in total. The van der Waals surface area contributed by atoms with Gasteiger partial charge in [0.1, 0.15) is 6.10 Å². The number of rotatable bonds is 2. The fraction of sp³-hybridized carbons (Fsp3) is 0.440. The number of hydrogen-bond acceptors (Lipinski definition) is 5. The van der Waals surface area contributed by atoms with E-state index in [-0.39, 0.29) is 17.9 Å².